The van der Waals surface area contributed by atoms with Crippen LogP contribution in [0.2, 0.25) is 0 Å². The molecule has 0 bridgehead atoms. The maximum atomic E-state index is 12.9. The van der Waals surface area contributed by atoms with E-state index in [-0.39, 0.29) is 18.9 Å². The van der Waals surface area contributed by atoms with E-state index in [1.807, 2.05) is 0 Å². The molecule has 2 rings (SSSR count). The second-order valence-corrected chi connectivity index (χ2v) is 9.89. The van der Waals surface area contributed by atoms with E-state index in [1.54, 1.807) is 4.72 Å². The van der Waals surface area contributed by atoms with E-state index in [4.69, 9.17) is 0 Å². The number of hydrogen-bond donors (Lipinski definition) is 5. The van der Waals surface area contributed by atoms with E-state index in [2.05, 4.69) is 16.0 Å². The van der Waals surface area contributed by atoms with Crippen LogP contribution in [-0.4, -0.2) is 63.5 Å². The molecular weight excluding hydrogens is 493 g/mol. The van der Waals surface area contributed by atoms with Crippen molar-refractivity contribution in [2.75, 3.05) is 26.2 Å². The minimum Gasteiger partial charge on any atom is -0.480 e. The molecule has 1 aliphatic rings. The van der Waals surface area contributed by atoms with E-state index < -0.39 is 51.1 Å². The van der Waals surface area contributed by atoms with Gasteiger partial charge in [-0.3, -0.25) is 14.4 Å². The predicted molar refractivity (Wildman–Crippen MR) is 119 cm³/mol. The van der Waals surface area contributed by atoms with Crippen molar-refractivity contribution < 1.29 is 41.1 Å². The largest absolute Gasteiger partial charge is 0.480 e. The maximum Gasteiger partial charge on any atom is 0.416 e. The number of halogens is 3. The van der Waals surface area contributed by atoms with Gasteiger partial charge < -0.3 is 21.1 Å². The van der Waals surface area contributed by atoms with Crippen molar-refractivity contribution in [1.82, 2.24) is 20.7 Å². The fraction of sp³-hybridized carbons (Fsp3) is 0.571. The third-order valence-electron chi connectivity index (χ3n) is 5.48. The monoisotopic (exact) mass is 522 g/mol. The number of sulfonamides is 1. The minimum absolute atomic E-state index is 0.0184. The summed E-state index contributed by atoms with van der Waals surface area (Å²) in [4.78, 5) is 34.6. The van der Waals surface area contributed by atoms with Gasteiger partial charge in [0.1, 0.15) is 6.04 Å². The number of piperidine rings is 1. The van der Waals surface area contributed by atoms with Crippen LogP contribution in [0, 0.1) is 5.92 Å². The summed E-state index contributed by atoms with van der Waals surface area (Å²) in [5.41, 5.74) is -1.21. The molecule has 1 fully saturated rings. The highest BCUT2D eigenvalue weighted by molar-refractivity contribution is 7.89. The average Bonchev–Trinajstić information content (AvgIpc) is 2.80. The van der Waals surface area contributed by atoms with Crippen LogP contribution in [0.15, 0.2) is 29.2 Å². The van der Waals surface area contributed by atoms with Crippen molar-refractivity contribution in [2.24, 2.45) is 5.92 Å². The number of nitrogens with one attached hydrogen (secondary N) is 4. The number of carboxylic acid groups (broad SMARTS) is 1. The fourth-order valence-corrected chi connectivity index (χ4v) is 4.72. The Hall–Kier alpha value is -2.71. The van der Waals surface area contributed by atoms with Crippen LogP contribution in [0.3, 0.4) is 0 Å². The summed E-state index contributed by atoms with van der Waals surface area (Å²) >= 11 is 0. The molecule has 0 aliphatic carbocycles. The number of carbonyl (C=O) groups excluding carboxylic acids is 2. The van der Waals surface area contributed by atoms with Gasteiger partial charge in [0, 0.05) is 25.9 Å². The summed E-state index contributed by atoms with van der Waals surface area (Å²) in [6.45, 7) is 1.24. The molecule has 0 radical (unpaired) electrons. The van der Waals surface area contributed by atoms with E-state index in [0.29, 0.717) is 24.5 Å². The molecule has 1 heterocycles. The van der Waals surface area contributed by atoms with Gasteiger partial charge in [0.05, 0.1) is 10.5 Å². The van der Waals surface area contributed by atoms with Crippen LogP contribution in [0.4, 0.5) is 13.2 Å². The van der Waals surface area contributed by atoms with Crippen LogP contribution in [0.5, 0.6) is 0 Å². The second-order valence-electron chi connectivity index (χ2n) is 8.17. The van der Waals surface area contributed by atoms with E-state index >= 15 is 0 Å². The molecule has 1 saturated heterocycles. The lowest BCUT2D eigenvalue weighted by Gasteiger charge is -2.22. The molecule has 1 aromatic rings. The molecule has 14 heteroatoms. The van der Waals surface area contributed by atoms with Crippen LogP contribution < -0.4 is 20.7 Å². The quantitative estimate of drug-likeness (QED) is 0.273. The van der Waals surface area contributed by atoms with Crippen molar-refractivity contribution in [3.8, 4) is 0 Å². The fourth-order valence-electron chi connectivity index (χ4n) is 3.49. The molecule has 35 heavy (non-hydrogen) atoms. The lowest BCUT2D eigenvalue weighted by molar-refractivity contribution is -0.139. The Balaban J connectivity index is 1.79. The molecule has 1 atom stereocenters. The van der Waals surface area contributed by atoms with Crippen molar-refractivity contribution in [1.29, 1.82) is 0 Å². The second kappa shape index (κ2) is 12.8. The smallest absolute Gasteiger partial charge is 0.416 e. The summed E-state index contributed by atoms with van der Waals surface area (Å²) in [5, 5.41) is 17.4. The molecule has 10 nitrogen and oxygen atoms in total. The first-order chi connectivity index (χ1) is 16.4. The van der Waals surface area contributed by atoms with Gasteiger partial charge in [0.25, 0.3) is 0 Å². The molecular formula is C21H29F3N4O6S. The molecule has 2 amide bonds. The molecule has 1 aliphatic heterocycles. The molecule has 5 N–H and O–H groups in total. The van der Waals surface area contributed by atoms with Crippen LogP contribution >= 0.6 is 0 Å². The number of amides is 2. The number of hydrogen-bond acceptors (Lipinski definition) is 6. The van der Waals surface area contributed by atoms with Crippen LogP contribution in [0.1, 0.15) is 37.7 Å². The third-order valence-corrected chi connectivity index (χ3v) is 6.95. The first-order valence-electron chi connectivity index (χ1n) is 11.0. The van der Waals surface area contributed by atoms with Gasteiger partial charge in [0.15, 0.2) is 0 Å². The number of rotatable bonds is 12. The zero-order chi connectivity index (χ0) is 26.1. The predicted octanol–water partition coefficient (Wildman–Crippen LogP) is 0.839. The molecule has 1 aromatic carbocycles. The van der Waals surface area contributed by atoms with Gasteiger partial charge in [-0.25, -0.2) is 8.42 Å². The van der Waals surface area contributed by atoms with Gasteiger partial charge in [-0.05, 0) is 56.5 Å². The maximum absolute atomic E-state index is 12.9. The highest BCUT2D eigenvalue weighted by Crippen LogP contribution is 2.30. The Morgan fingerprint density at radius 3 is 2.37 bits per heavy atom. The van der Waals surface area contributed by atoms with E-state index in [9.17, 15) is 41.1 Å². The topological polar surface area (TPSA) is 154 Å². The van der Waals surface area contributed by atoms with Crippen LogP contribution in [0.25, 0.3) is 0 Å². The van der Waals surface area contributed by atoms with Crippen molar-refractivity contribution in [2.45, 2.75) is 49.2 Å². The Kier molecular flexibility index (Phi) is 10.5. The zero-order valence-electron chi connectivity index (χ0n) is 18.9. The van der Waals surface area contributed by atoms with Crippen molar-refractivity contribution in [3.05, 3.63) is 29.8 Å². The number of carbonyl (C=O) groups is 3. The number of benzene rings is 1. The Morgan fingerprint density at radius 2 is 1.74 bits per heavy atom. The van der Waals surface area contributed by atoms with E-state index in [0.717, 1.165) is 44.5 Å². The summed E-state index contributed by atoms with van der Waals surface area (Å²) < 4.78 is 65.1. The first kappa shape index (κ1) is 28.5. The Labute approximate surface area is 201 Å². The number of carboxylic acids is 1. The SMILES string of the molecule is O=C(CCC1CCNCC1)NCCC(=O)NC[C@H](NS(=O)(=O)c1cccc(C(F)(F)F)c1)C(=O)O. The summed E-state index contributed by atoms with van der Waals surface area (Å²) in [6.07, 6.45) is -1.83. The van der Waals surface area contributed by atoms with Gasteiger partial charge in [-0.1, -0.05) is 6.07 Å². The van der Waals surface area contributed by atoms with Gasteiger partial charge >= 0.3 is 12.1 Å². The Morgan fingerprint density at radius 1 is 1.09 bits per heavy atom. The van der Waals surface area contributed by atoms with Gasteiger partial charge in [-0.2, -0.15) is 17.9 Å². The first-order valence-corrected chi connectivity index (χ1v) is 12.5. The minimum atomic E-state index is -4.78. The van der Waals surface area contributed by atoms with Gasteiger partial charge in [0.2, 0.25) is 21.8 Å². The molecule has 0 spiro atoms. The normalized spacial score (nSPS) is 15.9. The molecule has 196 valence electrons. The molecule has 0 aromatic heterocycles. The van der Waals surface area contributed by atoms with Crippen molar-refractivity contribution in [3.63, 3.8) is 0 Å². The summed E-state index contributed by atoms with van der Waals surface area (Å²) in [6, 6.07) is 1.02. The lowest BCUT2D eigenvalue weighted by atomic mass is 9.93. The number of alkyl halides is 3. The van der Waals surface area contributed by atoms with Crippen LogP contribution in [-0.2, 0) is 30.6 Å². The molecule has 0 saturated carbocycles. The lowest BCUT2D eigenvalue weighted by Crippen LogP contribution is -2.48. The summed E-state index contributed by atoms with van der Waals surface area (Å²) in [5.74, 6) is -1.98. The van der Waals surface area contributed by atoms with Gasteiger partial charge in [-0.15, -0.1) is 0 Å². The zero-order valence-corrected chi connectivity index (χ0v) is 19.7. The van der Waals surface area contributed by atoms with Crippen molar-refractivity contribution >= 4 is 27.8 Å². The highest BCUT2D eigenvalue weighted by atomic mass is 32.2. The third kappa shape index (κ3) is 9.82. The standard InChI is InChI=1S/C21H29F3N4O6S/c22-21(23,24)15-2-1-3-16(12-15)35(33,34)28-17(20(31)32)13-27-19(30)8-11-26-18(29)5-4-14-6-9-25-10-7-14/h1-3,12,14,17,25,28H,4-11,13H2,(H,26,29)(H,27,30)(H,31,32)/t17-/m0/s1. The molecule has 0 unspecified atom stereocenters. The number of aliphatic carboxylic acids is 1. The summed E-state index contributed by atoms with van der Waals surface area (Å²) in [7, 11) is -4.62. The van der Waals surface area contributed by atoms with E-state index in [1.165, 1.54) is 0 Å². The highest BCUT2D eigenvalue weighted by Gasteiger charge is 2.32. The Bertz CT molecular complexity index is 997. The average molecular weight is 523 g/mol.